The summed E-state index contributed by atoms with van der Waals surface area (Å²) in [6.07, 6.45) is 5.38. The van der Waals surface area contributed by atoms with Gasteiger partial charge >= 0.3 is 0 Å². The van der Waals surface area contributed by atoms with Crippen LogP contribution in [0.2, 0.25) is 0 Å². The lowest BCUT2D eigenvalue weighted by Gasteiger charge is -2.28. The predicted molar refractivity (Wildman–Crippen MR) is 157 cm³/mol. The average molecular weight is 532 g/mol. The van der Waals surface area contributed by atoms with E-state index in [0.717, 1.165) is 47.1 Å². The second-order valence-corrected chi connectivity index (χ2v) is 11.7. The number of hydrogen-bond acceptors (Lipinski definition) is 5. The van der Waals surface area contributed by atoms with Crippen molar-refractivity contribution < 1.29 is 4.79 Å². The summed E-state index contributed by atoms with van der Waals surface area (Å²) < 4.78 is 0. The van der Waals surface area contributed by atoms with Crippen molar-refractivity contribution in [3.63, 3.8) is 0 Å². The fourth-order valence-electron chi connectivity index (χ4n) is 5.68. The first-order valence-electron chi connectivity index (χ1n) is 12.9. The Morgan fingerprint density at radius 3 is 2.55 bits per heavy atom. The molecular weight excluding hydrogens is 507 g/mol. The van der Waals surface area contributed by atoms with Gasteiger partial charge in [0.2, 0.25) is 0 Å². The number of thiophene rings is 2. The molecular formula is C32H25N3OS2. The number of carbonyl (C=O) groups is 1. The Bertz CT molecular complexity index is 1670. The number of fused-ring (bicyclic) bond motifs is 2. The Morgan fingerprint density at radius 2 is 1.74 bits per heavy atom. The van der Waals surface area contributed by atoms with Crippen molar-refractivity contribution in [3.8, 4) is 11.3 Å². The van der Waals surface area contributed by atoms with Crippen LogP contribution in [-0.2, 0) is 0 Å². The van der Waals surface area contributed by atoms with Crippen molar-refractivity contribution in [1.29, 1.82) is 0 Å². The molecule has 1 aliphatic carbocycles. The van der Waals surface area contributed by atoms with Gasteiger partial charge in [-0.15, -0.1) is 22.7 Å². The number of rotatable bonds is 4. The Morgan fingerprint density at radius 1 is 0.921 bits per heavy atom. The molecule has 7 rings (SSSR count). The maximum absolute atomic E-state index is 14.5. The Kier molecular flexibility index (Phi) is 5.99. The van der Waals surface area contributed by atoms with Gasteiger partial charge in [-0.25, -0.2) is 9.99 Å². The summed E-state index contributed by atoms with van der Waals surface area (Å²) in [7, 11) is 0. The maximum atomic E-state index is 14.5. The van der Waals surface area contributed by atoms with Gasteiger partial charge in [0.25, 0.3) is 5.91 Å². The predicted octanol–water partition coefficient (Wildman–Crippen LogP) is 8.46. The van der Waals surface area contributed by atoms with Gasteiger partial charge in [-0.05, 0) is 65.9 Å². The molecule has 0 bridgehead atoms. The molecule has 2 atom stereocenters. The minimum absolute atomic E-state index is 0.0726. The van der Waals surface area contributed by atoms with Crippen molar-refractivity contribution in [2.75, 3.05) is 0 Å². The largest absolute Gasteiger partial charge is 0.275 e. The van der Waals surface area contributed by atoms with Crippen molar-refractivity contribution in [3.05, 3.63) is 117 Å². The van der Waals surface area contributed by atoms with Crippen molar-refractivity contribution in [2.24, 2.45) is 11.0 Å². The molecule has 0 saturated heterocycles. The maximum Gasteiger partial charge on any atom is 0.275 e. The highest BCUT2D eigenvalue weighted by Gasteiger charge is 2.44. The van der Waals surface area contributed by atoms with E-state index in [0.29, 0.717) is 5.56 Å². The smallest absolute Gasteiger partial charge is 0.267 e. The third-order valence-electron chi connectivity index (χ3n) is 7.42. The number of benzene rings is 2. The summed E-state index contributed by atoms with van der Waals surface area (Å²) in [5.74, 6) is 0.121. The molecule has 0 N–H and O–H groups in total. The summed E-state index contributed by atoms with van der Waals surface area (Å²) in [5.41, 5.74) is 5.56. The number of hydrogen-bond donors (Lipinski definition) is 0. The zero-order valence-electron chi connectivity index (χ0n) is 20.7. The first-order valence-corrected chi connectivity index (χ1v) is 14.7. The standard InChI is InChI=1S/C32H25N3OS2/c36-32(26-20-28(21-9-2-1-3-10-21)33-27-15-5-4-13-24(26)27)35-31(29-16-8-18-38-29)25-14-6-11-22(30(25)34-35)19-23-12-7-17-37-23/h1-5,7-10,12-13,15-20,25,31H,6,11,14H2. The van der Waals surface area contributed by atoms with Gasteiger partial charge in [0, 0.05) is 26.6 Å². The highest BCUT2D eigenvalue weighted by atomic mass is 32.1. The molecule has 1 amide bonds. The summed E-state index contributed by atoms with van der Waals surface area (Å²) in [6.45, 7) is 0. The lowest BCUT2D eigenvalue weighted by Crippen LogP contribution is -2.31. The second-order valence-electron chi connectivity index (χ2n) is 9.72. The summed E-state index contributed by atoms with van der Waals surface area (Å²) >= 11 is 3.44. The van der Waals surface area contributed by atoms with Gasteiger partial charge in [0.1, 0.15) is 0 Å². The minimum atomic E-state index is -0.100. The number of amides is 1. The fourth-order valence-corrected chi connectivity index (χ4v) is 7.24. The summed E-state index contributed by atoms with van der Waals surface area (Å²) in [5, 5.41) is 11.9. The normalized spacial score (nSPS) is 20.1. The number of hydrazone groups is 1. The topological polar surface area (TPSA) is 45.6 Å². The van der Waals surface area contributed by atoms with Crippen LogP contribution >= 0.6 is 22.7 Å². The van der Waals surface area contributed by atoms with Crippen molar-refractivity contribution >= 4 is 51.3 Å². The molecule has 2 unspecified atom stereocenters. The number of pyridine rings is 1. The molecule has 0 radical (unpaired) electrons. The van der Waals surface area contributed by atoms with Crippen LogP contribution in [0.25, 0.3) is 28.2 Å². The Labute approximate surface area is 229 Å². The fraction of sp³-hybridized carbons (Fsp3) is 0.156. The van der Waals surface area contributed by atoms with E-state index in [-0.39, 0.29) is 17.9 Å². The molecule has 2 aliphatic rings. The molecule has 0 spiro atoms. The number of nitrogens with zero attached hydrogens (tertiary/aromatic N) is 3. The Hall–Kier alpha value is -3.87. The van der Waals surface area contributed by atoms with Crippen LogP contribution in [0.1, 0.15) is 45.4 Å². The van der Waals surface area contributed by atoms with Gasteiger partial charge < -0.3 is 0 Å². The first-order chi connectivity index (χ1) is 18.8. The van der Waals surface area contributed by atoms with E-state index >= 15 is 0 Å². The van der Waals surface area contributed by atoms with Gasteiger partial charge in [-0.2, -0.15) is 5.10 Å². The van der Waals surface area contributed by atoms with Crippen LogP contribution in [0.5, 0.6) is 0 Å². The van der Waals surface area contributed by atoms with Crippen LogP contribution in [-0.4, -0.2) is 21.6 Å². The molecule has 6 heteroatoms. The van der Waals surface area contributed by atoms with Gasteiger partial charge in [0.15, 0.2) is 0 Å². The van der Waals surface area contributed by atoms with Crippen LogP contribution in [0.4, 0.5) is 0 Å². The molecule has 186 valence electrons. The van der Waals surface area contributed by atoms with Crippen LogP contribution < -0.4 is 0 Å². The lowest BCUT2D eigenvalue weighted by atomic mass is 9.79. The molecule has 38 heavy (non-hydrogen) atoms. The monoisotopic (exact) mass is 531 g/mol. The summed E-state index contributed by atoms with van der Waals surface area (Å²) in [4.78, 5) is 21.8. The number of allylic oxidation sites excluding steroid dienone is 1. The molecule has 1 saturated carbocycles. The van der Waals surface area contributed by atoms with E-state index in [2.05, 4.69) is 41.1 Å². The zero-order valence-corrected chi connectivity index (χ0v) is 22.3. The van der Waals surface area contributed by atoms with Gasteiger partial charge in [-0.1, -0.05) is 60.7 Å². The van der Waals surface area contributed by atoms with E-state index in [1.54, 1.807) is 27.7 Å². The minimum Gasteiger partial charge on any atom is -0.267 e. The van der Waals surface area contributed by atoms with E-state index in [1.807, 2.05) is 60.7 Å². The van der Waals surface area contributed by atoms with Crippen molar-refractivity contribution in [1.82, 2.24) is 9.99 Å². The van der Waals surface area contributed by atoms with Crippen LogP contribution in [0.15, 0.2) is 106 Å². The molecule has 4 heterocycles. The molecule has 4 nitrogen and oxygen atoms in total. The van der Waals surface area contributed by atoms with E-state index < -0.39 is 0 Å². The first kappa shape index (κ1) is 23.3. The Balaban J connectivity index is 1.37. The van der Waals surface area contributed by atoms with Crippen LogP contribution in [0.3, 0.4) is 0 Å². The molecule has 5 aromatic rings. The van der Waals surface area contributed by atoms with Gasteiger partial charge in [-0.3, -0.25) is 4.79 Å². The van der Waals surface area contributed by atoms with E-state index in [1.165, 1.54) is 15.3 Å². The number of carbonyl (C=O) groups excluding carboxylic acids is 1. The zero-order chi connectivity index (χ0) is 25.5. The molecule has 3 aromatic heterocycles. The van der Waals surface area contributed by atoms with E-state index in [4.69, 9.17) is 10.1 Å². The highest BCUT2D eigenvalue weighted by molar-refractivity contribution is 7.11. The van der Waals surface area contributed by atoms with Gasteiger partial charge in [0.05, 0.1) is 28.5 Å². The van der Waals surface area contributed by atoms with Crippen molar-refractivity contribution in [2.45, 2.75) is 25.3 Å². The molecule has 1 aliphatic heterocycles. The number of para-hydroxylation sites is 1. The second kappa shape index (κ2) is 9.78. The molecule has 2 aromatic carbocycles. The quantitative estimate of drug-likeness (QED) is 0.233. The third kappa shape index (κ3) is 4.10. The SMILES string of the molecule is O=C(c1cc(-c2ccccc2)nc2ccccc12)N1N=C2C(=Cc3cccs3)CCCC2C1c1cccs1. The van der Waals surface area contributed by atoms with E-state index in [9.17, 15) is 4.79 Å². The van der Waals surface area contributed by atoms with Crippen LogP contribution in [0, 0.1) is 5.92 Å². The lowest BCUT2D eigenvalue weighted by molar-refractivity contribution is 0.0686. The third-order valence-corrected chi connectivity index (χ3v) is 9.18. The average Bonchev–Trinajstić information content (AvgIpc) is 3.74. The highest BCUT2D eigenvalue weighted by Crippen LogP contribution is 2.46. The number of aromatic nitrogens is 1. The molecule has 1 fully saturated rings. The summed E-state index contributed by atoms with van der Waals surface area (Å²) in [6, 6.07) is 28.2.